The Kier molecular flexibility index (Phi) is 5.17. The number of nitrogens with zero attached hydrogens (tertiary/aromatic N) is 3. The molecule has 2 rings (SSSR count). The molecule has 0 bridgehead atoms. The van der Waals surface area contributed by atoms with Crippen LogP contribution in [0.1, 0.15) is 42.4 Å². The van der Waals surface area contributed by atoms with Gasteiger partial charge in [-0.05, 0) is 46.8 Å². The number of aryl methyl sites for hydroxylation is 2. The van der Waals surface area contributed by atoms with E-state index in [0.717, 1.165) is 35.3 Å². The van der Waals surface area contributed by atoms with Gasteiger partial charge < -0.3 is 10.2 Å². The van der Waals surface area contributed by atoms with Crippen molar-refractivity contribution in [3.05, 3.63) is 33.9 Å². The second-order valence-electron chi connectivity index (χ2n) is 5.13. The van der Waals surface area contributed by atoms with Crippen molar-refractivity contribution in [2.75, 3.05) is 23.3 Å². The summed E-state index contributed by atoms with van der Waals surface area (Å²) in [6.45, 7) is 12.5. The van der Waals surface area contributed by atoms with Crippen molar-refractivity contribution in [1.82, 2.24) is 9.97 Å². The first-order chi connectivity index (χ1) is 10.0. The van der Waals surface area contributed by atoms with Crippen molar-refractivity contribution in [2.24, 2.45) is 0 Å². The zero-order valence-electron chi connectivity index (χ0n) is 13.5. The van der Waals surface area contributed by atoms with E-state index in [4.69, 9.17) is 0 Å². The van der Waals surface area contributed by atoms with E-state index in [1.807, 2.05) is 13.1 Å². The van der Waals surface area contributed by atoms with Gasteiger partial charge in [0.1, 0.15) is 5.82 Å². The smallest absolute Gasteiger partial charge is 0.128 e. The van der Waals surface area contributed by atoms with Crippen LogP contribution in [0, 0.1) is 13.8 Å². The zero-order valence-corrected chi connectivity index (χ0v) is 14.3. The number of nitrogens with one attached hydrogen (secondary N) is 1. The molecule has 0 aromatic carbocycles. The normalized spacial score (nSPS) is 12.2. The predicted molar refractivity (Wildman–Crippen MR) is 91.4 cm³/mol. The Morgan fingerprint density at radius 1 is 1.24 bits per heavy atom. The van der Waals surface area contributed by atoms with Crippen LogP contribution in [0.15, 0.2) is 18.3 Å². The van der Waals surface area contributed by atoms with Crippen LogP contribution < -0.4 is 10.2 Å². The molecular formula is C16H24N4S. The van der Waals surface area contributed by atoms with E-state index in [9.17, 15) is 0 Å². The van der Waals surface area contributed by atoms with E-state index in [2.05, 4.69) is 60.0 Å². The number of hydrogen-bond donors (Lipinski definition) is 1. The lowest BCUT2D eigenvalue weighted by molar-refractivity contribution is 0.844. The maximum Gasteiger partial charge on any atom is 0.128 e. The Hall–Kier alpha value is -1.62. The van der Waals surface area contributed by atoms with E-state index in [0.29, 0.717) is 0 Å². The summed E-state index contributed by atoms with van der Waals surface area (Å²) in [5.41, 5.74) is 2.16. The molecule has 0 radical (unpaired) electrons. The van der Waals surface area contributed by atoms with Gasteiger partial charge in [0.05, 0.1) is 28.6 Å². The number of aromatic nitrogens is 2. The first-order valence-corrected chi connectivity index (χ1v) is 8.28. The highest BCUT2D eigenvalue weighted by Gasteiger charge is 2.13. The summed E-state index contributed by atoms with van der Waals surface area (Å²) >= 11 is 1.75. The number of anilines is 2. The molecular weight excluding hydrogens is 280 g/mol. The zero-order chi connectivity index (χ0) is 15.4. The Labute approximate surface area is 131 Å². The Balaban J connectivity index is 2.08. The van der Waals surface area contributed by atoms with Crippen LogP contribution in [0.3, 0.4) is 0 Å². The Morgan fingerprint density at radius 3 is 2.43 bits per heavy atom. The van der Waals surface area contributed by atoms with Gasteiger partial charge in [-0.25, -0.2) is 9.97 Å². The Morgan fingerprint density at radius 2 is 1.95 bits per heavy atom. The predicted octanol–water partition coefficient (Wildman–Crippen LogP) is 4.17. The molecule has 2 heterocycles. The molecule has 0 aliphatic heterocycles. The van der Waals surface area contributed by atoms with Crippen LogP contribution in [0.25, 0.3) is 0 Å². The van der Waals surface area contributed by atoms with E-state index >= 15 is 0 Å². The molecule has 2 aromatic rings. The van der Waals surface area contributed by atoms with Gasteiger partial charge in [0.2, 0.25) is 0 Å². The lowest BCUT2D eigenvalue weighted by atomic mass is 10.2. The second-order valence-corrected chi connectivity index (χ2v) is 6.36. The fourth-order valence-corrected chi connectivity index (χ4v) is 3.40. The van der Waals surface area contributed by atoms with Crippen LogP contribution in [0.2, 0.25) is 0 Å². The fourth-order valence-electron chi connectivity index (χ4n) is 2.47. The quantitative estimate of drug-likeness (QED) is 0.869. The first-order valence-electron chi connectivity index (χ1n) is 7.46. The molecule has 0 saturated carbocycles. The third-order valence-electron chi connectivity index (χ3n) is 3.55. The van der Waals surface area contributed by atoms with Gasteiger partial charge in [-0.15, -0.1) is 11.3 Å². The highest BCUT2D eigenvalue weighted by Crippen LogP contribution is 2.27. The third-order valence-corrected chi connectivity index (χ3v) is 4.81. The van der Waals surface area contributed by atoms with Gasteiger partial charge in [-0.1, -0.05) is 0 Å². The molecule has 0 aliphatic carbocycles. The van der Waals surface area contributed by atoms with Crippen LogP contribution in [0.4, 0.5) is 11.5 Å². The maximum atomic E-state index is 4.55. The van der Waals surface area contributed by atoms with Gasteiger partial charge in [0.15, 0.2) is 0 Å². The molecule has 1 unspecified atom stereocenters. The van der Waals surface area contributed by atoms with E-state index in [-0.39, 0.29) is 6.04 Å². The van der Waals surface area contributed by atoms with Crippen LogP contribution in [-0.4, -0.2) is 23.1 Å². The maximum absolute atomic E-state index is 4.55. The van der Waals surface area contributed by atoms with Gasteiger partial charge >= 0.3 is 0 Å². The summed E-state index contributed by atoms with van der Waals surface area (Å²) in [5.74, 6) is 1.03. The molecule has 1 atom stereocenters. The number of hydrogen-bond acceptors (Lipinski definition) is 5. The molecule has 21 heavy (non-hydrogen) atoms. The summed E-state index contributed by atoms with van der Waals surface area (Å²) in [6.07, 6.45) is 1.91. The SMILES string of the molecule is CCN(CC)c1ccc(NC(C)c2sc(C)nc2C)cn1. The average Bonchev–Trinajstić information content (AvgIpc) is 2.81. The summed E-state index contributed by atoms with van der Waals surface area (Å²) in [6, 6.07) is 4.42. The van der Waals surface area contributed by atoms with Gasteiger partial charge in [-0.3, -0.25) is 0 Å². The minimum absolute atomic E-state index is 0.248. The second kappa shape index (κ2) is 6.89. The topological polar surface area (TPSA) is 41.0 Å². The summed E-state index contributed by atoms with van der Waals surface area (Å²) in [5, 5.41) is 4.62. The monoisotopic (exact) mass is 304 g/mol. The van der Waals surface area contributed by atoms with Gasteiger partial charge in [0.25, 0.3) is 0 Å². The van der Waals surface area contributed by atoms with Crippen LogP contribution >= 0.6 is 11.3 Å². The summed E-state index contributed by atoms with van der Waals surface area (Å²) in [7, 11) is 0. The molecule has 5 heteroatoms. The van der Waals surface area contributed by atoms with Gasteiger partial charge in [0, 0.05) is 18.0 Å². The molecule has 0 aliphatic rings. The lowest BCUT2D eigenvalue weighted by Gasteiger charge is -2.20. The van der Waals surface area contributed by atoms with Crippen molar-refractivity contribution in [1.29, 1.82) is 0 Å². The van der Waals surface area contributed by atoms with Crippen molar-refractivity contribution >= 4 is 22.8 Å². The largest absolute Gasteiger partial charge is 0.376 e. The molecule has 0 fully saturated rings. The van der Waals surface area contributed by atoms with E-state index in [1.54, 1.807) is 11.3 Å². The number of rotatable bonds is 6. The number of thiazole rings is 1. The first kappa shape index (κ1) is 15.8. The standard InChI is InChI=1S/C16H24N4S/c1-6-20(7-2)15-9-8-14(10-17-15)19-12(4)16-11(3)18-13(5)21-16/h8-10,12,19H,6-7H2,1-5H3. The van der Waals surface area contributed by atoms with Crippen molar-refractivity contribution in [3.63, 3.8) is 0 Å². The number of pyridine rings is 1. The average molecular weight is 304 g/mol. The molecule has 0 saturated heterocycles. The van der Waals surface area contributed by atoms with Crippen molar-refractivity contribution in [3.8, 4) is 0 Å². The highest BCUT2D eigenvalue weighted by molar-refractivity contribution is 7.11. The molecule has 2 aromatic heterocycles. The molecule has 4 nitrogen and oxygen atoms in total. The Bertz CT molecular complexity index is 572. The van der Waals surface area contributed by atoms with E-state index in [1.165, 1.54) is 4.88 Å². The summed E-state index contributed by atoms with van der Waals surface area (Å²) in [4.78, 5) is 12.6. The summed E-state index contributed by atoms with van der Waals surface area (Å²) < 4.78 is 0. The van der Waals surface area contributed by atoms with Crippen molar-refractivity contribution < 1.29 is 0 Å². The third kappa shape index (κ3) is 3.73. The fraction of sp³-hybridized carbons (Fsp3) is 0.500. The molecule has 1 N–H and O–H groups in total. The van der Waals surface area contributed by atoms with Crippen LogP contribution in [-0.2, 0) is 0 Å². The van der Waals surface area contributed by atoms with Crippen molar-refractivity contribution in [2.45, 2.75) is 40.7 Å². The molecule has 0 amide bonds. The molecule has 114 valence electrons. The molecule has 0 spiro atoms. The van der Waals surface area contributed by atoms with Crippen LogP contribution in [0.5, 0.6) is 0 Å². The van der Waals surface area contributed by atoms with Gasteiger partial charge in [-0.2, -0.15) is 0 Å². The lowest BCUT2D eigenvalue weighted by Crippen LogP contribution is -2.22. The highest BCUT2D eigenvalue weighted by atomic mass is 32.1. The minimum atomic E-state index is 0.248. The minimum Gasteiger partial charge on any atom is -0.376 e. The van der Waals surface area contributed by atoms with E-state index < -0.39 is 0 Å².